The molecule has 1 amide bonds. The molecule has 0 saturated carbocycles. The summed E-state index contributed by atoms with van der Waals surface area (Å²) in [6.07, 6.45) is -3.19. The summed E-state index contributed by atoms with van der Waals surface area (Å²) in [5.74, 6) is -1.13. The van der Waals surface area contributed by atoms with E-state index in [1.54, 1.807) is 29.2 Å². The van der Waals surface area contributed by atoms with Crippen LogP contribution in [0.4, 0.5) is 13.2 Å². The summed E-state index contributed by atoms with van der Waals surface area (Å²) < 4.78 is 46.9. The largest absolute Gasteiger partial charge is 0.573 e. The van der Waals surface area contributed by atoms with Crippen molar-refractivity contribution < 1.29 is 37.3 Å². The molecule has 0 aromatic heterocycles. The molecule has 0 aliphatic carbocycles. The first-order valence-corrected chi connectivity index (χ1v) is 10.6. The molecule has 178 valence electrons. The predicted molar refractivity (Wildman–Crippen MR) is 114 cm³/mol. The topological polar surface area (TPSA) is 76.1 Å². The number of rotatable bonds is 7. The lowest BCUT2D eigenvalue weighted by Gasteiger charge is -2.33. The summed E-state index contributed by atoms with van der Waals surface area (Å²) >= 11 is 0. The number of carboxylic acids is 1. The second-order valence-electron chi connectivity index (χ2n) is 8.54. The van der Waals surface area contributed by atoms with Crippen LogP contribution in [0.25, 0.3) is 0 Å². The predicted octanol–water partition coefficient (Wildman–Crippen LogP) is 4.78. The molecule has 1 fully saturated rings. The molecule has 1 aliphatic heterocycles. The monoisotopic (exact) mass is 465 g/mol. The number of likely N-dealkylation sites (tertiary alicyclic amines) is 1. The zero-order valence-corrected chi connectivity index (χ0v) is 18.4. The van der Waals surface area contributed by atoms with Crippen molar-refractivity contribution in [3.8, 4) is 11.5 Å². The summed E-state index contributed by atoms with van der Waals surface area (Å²) in [6, 6.07) is 12.6. The van der Waals surface area contributed by atoms with Gasteiger partial charge >= 0.3 is 12.3 Å². The number of halogens is 3. The molecule has 0 unspecified atom stereocenters. The second kappa shape index (κ2) is 9.72. The van der Waals surface area contributed by atoms with Crippen molar-refractivity contribution in [1.29, 1.82) is 0 Å². The highest BCUT2D eigenvalue weighted by Crippen LogP contribution is 2.31. The molecule has 9 heteroatoms. The quantitative estimate of drug-likeness (QED) is 0.637. The number of hydrogen-bond acceptors (Lipinski definition) is 4. The Morgan fingerprint density at radius 3 is 2.39 bits per heavy atom. The average molecular weight is 465 g/mol. The van der Waals surface area contributed by atoms with Crippen LogP contribution < -0.4 is 9.47 Å². The molecule has 0 bridgehead atoms. The molecule has 2 aromatic carbocycles. The van der Waals surface area contributed by atoms with E-state index in [0.717, 1.165) is 18.4 Å². The molecule has 0 radical (unpaired) electrons. The van der Waals surface area contributed by atoms with Gasteiger partial charge in [0.1, 0.15) is 11.5 Å². The Labute approximate surface area is 189 Å². The summed E-state index contributed by atoms with van der Waals surface area (Å²) in [6.45, 7) is 3.97. The van der Waals surface area contributed by atoms with Crippen LogP contribution in [0.1, 0.15) is 43.7 Å². The normalized spacial score (nSPS) is 16.9. The zero-order chi connectivity index (χ0) is 24.2. The van der Waals surface area contributed by atoms with Crippen LogP contribution in [0, 0.1) is 0 Å². The molecule has 6 nitrogen and oxygen atoms in total. The van der Waals surface area contributed by atoms with Crippen molar-refractivity contribution in [3.05, 3.63) is 59.7 Å². The van der Waals surface area contributed by atoms with Crippen molar-refractivity contribution >= 4 is 11.9 Å². The summed E-state index contributed by atoms with van der Waals surface area (Å²) in [5, 5.41) is 9.28. The fourth-order valence-electron chi connectivity index (χ4n) is 3.78. The zero-order valence-electron chi connectivity index (χ0n) is 18.4. The van der Waals surface area contributed by atoms with Gasteiger partial charge in [-0.05, 0) is 62.1 Å². The van der Waals surface area contributed by atoms with E-state index < -0.39 is 17.9 Å². The molecule has 1 saturated heterocycles. The number of carboxylic acid groups (broad SMARTS) is 1. The highest BCUT2D eigenvalue weighted by atomic mass is 19.4. The number of alkyl halides is 3. The van der Waals surface area contributed by atoms with Gasteiger partial charge in [-0.2, -0.15) is 0 Å². The van der Waals surface area contributed by atoms with Gasteiger partial charge in [-0.25, -0.2) is 4.79 Å². The lowest BCUT2D eigenvalue weighted by Crippen LogP contribution is -2.40. The Kier molecular flexibility index (Phi) is 7.19. The molecule has 2 aromatic rings. The first kappa shape index (κ1) is 24.4. The van der Waals surface area contributed by atoms with E-state index in [1.165, 1.54) is 32.0 Å². The van der Waals surface area contributed by atoms with E-state index in [0.29, 0.717) is 24.4 Å². The standard InChI is InChI=1S/C24H26F3NO5/c1-23(2,22(30)31)32-20-10-4-7-17(14-20)18-8-5-11-28(15-18)21(29)13-16-6-3-9-19(12-16)33-24(25,26)27/h3-4,6-7,9-10,12,14,18H,5,8,11,13,15H2,1-2H3,(H,30,31)/t18-/m0/s1. The van der Waals surface area contributed by atoms with E-state index in [9.17, 15) is 27.9 Å². The molecule has 3 rings (SSSR count). The number of piperidine rings is 1. The van der Waals surface area contributed by atoms with Crippen molar-refractivity contribution in [2.75, 3.05) is 13.1 Å². The number of hydrogen-bond donors (Lipinski definition) is 1. The van der Waals surface area contributed by atoms with Crippen LogP contribution in [0.3, 0.4) is 0 Å². The van der Waals surface area contributed by atoms with Crippen LogP contribution in [0.15, 0.2) is 48.5 Å². The summed E-state index contributed by atoms with van der Waals surface area (Å²) in [5.41, 5.74) is -0.000632. The second-order valence-corrected chi connectivity index (χ2v) is 8.54. The Balaban J connectivity index is 1.66. The third-order valence-electron chi connectivity index (χ3n) is 5.48. The maximum Gasteiger partial charge on any atom is 0.573 e. The first-order valence-electron chi connectivity index (χ1n) is 10.6. The number of carbonyl (C=O) groups is 2. The first-order chi connectivity index (χ1) is 15.4. The number of nitrogens with zero attached hydrogens (tertiary/aromatic N) is 1. The SMILES string of the molecule is CC(C)(Oc1cccc([C@H]2CCCN(C(=O)Cc3cccc(OC(F)(F)F)c3)C2)c1)C(=O)O. The summed E-state index contributed by atoms with van der Waals surface area (Å²) in [7, 11) is 0. The van der Waals surface area contributed by atoms with Crippen molar-refractivity contribution in [1.82, 2.24) is 4.90 Å². The molecular formula is C24H26F3NO5. The van der Waals surface area contributed by atoms with Crippen LogP contribution in [0.5, 0.6) is 11.5 Å². The lowest BCUT2D eigenvalue weighted by molar-refractivity contribution is -0.274. The highest BCUT2D eigenvalue weighted by molar-refractivity contribution is 5.79. The van der Waals surface area contributed by atoms with Gasteiger partial charge in [0, 0.05) is 19.0 Å². The van der Waals surface area contributed by atoms with E-state index >= 15 is 0 Å². The van der Waals surface area contributed by atoms with Gasteiger partial charge < -0.3 is 19.5 Å². The molecule has 1 N–H and O–H groups in total. The Hall–Kier alpha value is -3.23. The Morgan fingerprint density at radius 2 is 1.73 bits per heavy atom. The maximum atomic E-state index is 12.8. The van der Waals surface area contributed by atoms with Crippen LogP contribution >= 0.6 is 0 Å². The minimum absolute atomic E-state index is 0.0300. The number of benzene rings is 2. The van der Waals surface area contributed by atoms with Crippen molar-refractivity contribution in [2.24, 2.45) is 0 Å². The average Bonchev–Trinajstić information content (AvgIpc) is 2.72. The molecule has 1 atom stereocenters. The van der Waals surface area contributed by atoms with Gasteiger partial charge in [0.25, 0.3) is 0 Å². The van der Waals surface area contributed by atoms with E-state index in [-0.39, 0.29) is 24.0 Å². The van der Waals surface area contributed by atoms with Gasteiger partial charge in [0.15, 0.2) is 5.60 Å². The third kappa shape index (κ3) is 6.87. The fourth-order valence-corrected chi connectivity index (χ4v) is 3.78. The Bertz CT molecular complexity index is 1010. The van der Waals surface area contributed by atoms with Crippen LogP contribution in [-0.2, 0) is 16.0 Å². The molecular weight excluding hydrogens is 439 g/mol. The van der Waals surface area contributed by atoms with Crippen LogP contribution in [-0.4, -0.2) is 46.9 Å². The molecule has 0 spiro atoms. The number of ether oxygens (including phenoxy) is 2. The smallest absolute Gasteiger partial charge is 0.478 e. The van der Waals surface area contributed by atoms with Gasteiger partial charge in [-0.1, -0.05) is 24.3 Å². The highest BCUT2D eigenvalue weighted by Gasteiger charge is 2.32. The Morgan fingerprint density at radius 1 is 1.06 bits per heavy atom. The third-order valence-corrected chi connectivity index (χ3v) is 5.48. The number of amides is 1. The van der Waals surface area contributed by atoms with Crippen molar-refractivity contribution in [2.45, 2.75) is 51.0 Å². The molecule has 33 heavy (non-hydrogen) atoms. The van der Waals surface area contributed by atoms with Gasteiger partial charge in [0.05, 0.1) is 6.42 Å². The van der Waals surface area contributed by atoms with Gasteiger partial charge in [-0.3, -0.25) is 4.79 Å². The van der Waals surface area contributed by atoms with E-state index in [4.69, 9.17) is 4.74 Å². The number of aliphatic carboxylic acids is 1. The maximum absolute atomic E-state index is 12.8. The van der Waals surface area contributed by atoms with Crippen molar-refractivity contribution in [3.63, 3.8) is 0 Å². The van der Waals surface area contributed by atoms with Crippen LogP contribution in [0.2, 0.25) is 0 Å². The van der Waals surface area contributed by atoms with E-state index in [2.05, 4.69) is 4.74 Å². The van der Waals surface area contributed by atoms with E-state index in [1.807, 2.05) is 6.07 Å². The lowest BCUT2D eigenvalue weighted by atomic mass is 9.90. The minimum Gasteiger partial charge on any atom is -0.478 e. The molecule has 1 heterocycles. The minimum atomic E-state index is -4.79. The summed E-state index contributed by atoms with van der Waals surface area (Å²) in [4.78, 5) is 25.9. The fraction of sp³-hybridized carbons (Fsp3) is 0.417. The molecule has 1 aliphatic rings. The number of carbonyl (C=O) groups excluding carboxylic acids is 1. The van der Waals surface area contributed by atoms with Gasteiger partial charge in [0.2, 0.25) is 5.91 Å². The van der Waals surface area contributed by atoms with Gasteiger partial charge in [-0.15, -0.1) is 13.2 Å².